The van der Waals surface area contributed by atoms with Gasteiger partial charge in [0.05, 0.1) is 18.0 Å². The fraction of sp³-hybridized carbons (Fsp3) is 0.412. The zero-order valence-corrected chi connectivity index (χ0v) is 12.9. The minimum atomic E-state index is 0.0770. The van der Waals surface area contributed by atoms with Crippen LogP contribution in [0.15, 0.2) is 43.0 Å². The van der Waals surface area contributed by atoms with Crippen molar-refractivity contribution in [2.75, 3.05) is 26.2 Å². The van der Waals surface area contributed by atoms with Crippen molar-refractivity contribution in [1.29, 1.82) is 0 Å². The molecule has 2 aliphatic rings. The van der Waals surface area contributed by atoms with E-state index in [1.54, 1.807) is 24.7 Å². The maximum atomic E-state index is 12.5. The molecule has 0 aliphatic carbocycles. The van der Waals surface area contributed by atoms with Gasteiger partial charge in [-0.2, -0.15) is 10.2 Å². The molecule has 0 spiro atoms. The van der Waals surface area contributed by atoms with Crippen molar-refractivity contribution in [2.45, 2.75) is 6.54 Å². The van der Waals surface area contributed by atoms with Gasteiger partial charge in [0.2, 0.25) is 0 Å². The lowest BCUT2D eigenvalue weighted by Crippen LogP contribution is -2.33. The second-order valence-corrected chi connectivity index (χ2v) is 6.42. The molecule has 118 valence electrons. The molecule has 0 aromatic carbocycles. The molecular weight excluding hydrogens is 290 g/mol. The third-order valence-electron chi connectivity index (χ3n) is 4.81. The summed E-state index contributed by atoms with van der Waals surface area (Å²) in [6, 6.07) is 5.83. The van der Waals surface area contributed by atoms with E-state index in [4.69, 9.17) is 0 Å². The average molecular weight is 309 g/mol. The summed E-state index contributed by atoms with van der Waals surface area (Å²) in [6.07, 6.45) is 6.85. The molecule has 2 saturated heterocycles. The number of carbonyl (C=O) groups excluding carboxylic acids is 1. The standard InChI is InChI=1S/C17H19N5O/c23-17(14-3-5-19-20-7-14)22-11-15-9-21(10-16(15)12-22)8-13-2-1-4-18-6-13/h1-7,15-16H,8-12H2. The van der Waals surface area contributed by atoms with Gasteiger partial charge in [0.25, 0.3) is 5.91 Å². The maximum absolute atomic E-state index is 12.5. The number of carbonyl (C=O) groups is 1. The smallest absolute Gasteiger partial charge is 0.255 e. The highest BCUT2D eigenvalue weighted by Crippen LogP contribution is 2.32. The summed E-state index contributed by atoms with van der Waals surface area (Å²) in [5, 5.41) is 7.53. The normalized spacial score (nSPS) is 23.9. The van der Waals surface area contributed by atoms with Crippen LogP contribution in [0, 0.1) is 11.8 Å². The Kier molecular flexibility index (Phi) is 3.75. The monoisotopic (exact) mass is 309 g/mol. The zero-order valence-electron chi connectivity index (χ0n) is 12.9. The Morgan fingerprint density at radius 3 is 2.52 bits per heavy atom. The van der Waals surface area contributed by atoms with Crippen LogP contribution in [0.5, 0.6) is 0 Å². The fourth-order valence-corrected chi connectivity index (χ4v) is 3.73. The van der Waals surface area contributed by atoms with E-state index in [1.165, 1.54) is 5.56 Å². The molecule has 2 aliphatic heterocycles. The molecular formula is C17H19N5O. The average Bonchev–Trinajstić information content (AvgIpc) is 3.14. The molecule has 1 amide bonds. The summed E-state index contributed by atoms with van der Waals surface area (Å²) in [5.74, 6) is 1.23. The predicted octanol–water partition coefficient (Wildman–Crippen LogP) is 1.08. The lowest BCUT2D eigenvalue weighted by atomic mass is 10.0. The highest BCUT2D eigenvalue weighted by molar-refractivity contribution is 5.94. The molecule has 23 heavy (non-hydrogen) atoms. The maximum Gasteiger partial charge on any atom is 0.255 e. The summed E-state index contributed by atoms with van der Waals surface area (Å²) in [5.41, 5.74) is 1.88. The van der Waals surface area contributed by atoms with Crippen LogP contribution in [0.1, 0.15) is 15.9 Å². The summed E-state index contributed by atoms with van der Waals surface area (Å²) in [6.45, 7) is 4.74. The highest BCUT2D eigenvalue weighted by atomic mass is 16.2. The summed E-state index contributed by atoms with van der Waals surface area (Å²) < 4.78 is 0. The molecule has 4 heterocycles. The molecule has 2 unspecified atom stereocenters. The van der Waals surface area contributed by atoms with Gasteiger partial charge in [-0.1, -0.05) is 6.07 Å². The minimum absolute atomic E-state index is 0.0770. The van der Waals surface area contributed by atoms with Gasteiger partial charge in [-0.3, -0.25) is 14.7 Å². The molecule has 0 N–H and O–H groups in total. The van der Waals surface area contributed by atoms with Crippen LogP contribution in [0.25, 0.3) is 0 Å². The summed E-state index contributed by atoms with van der Waals surface area (Å²) in [7, 11) is 0. The molecule has 0 saturated carbocycles. The lowest BCUT2D eigenvalue weighted by Gasteiger charge is -2.21. The third-order valence-corrected chi connectivity index (χ3v) is 4.81. The van der Waals surface area contributed by atoms with Gasteiger partial charge in [-0.15, -0.1) is 0 Å². The first-order valence-electron chi connectivity index (χ1n) is 7.97. The number of rotatable bonds is 3. The number of hydrogen-bond acceptors (Lipinski definition) is 5. The predicted molar refractivity (Wildman–Crippen MR) is 84.4 cm³/mol. The van der Waals surface area contributed by atoms with E-state index in [9.17, 15) is 4.79 Å². The number of aromatic nitrogens is 3. The van der Waals surface area contributed by atoms with Crippen LogP contribution >= 0.6 is 0 Å². The summed E-state index contributed by atoms with van der Waals surface area (Å²) >= 11 is 0. The fourth-order valence-electron chi connectivity index (χ4n) is 3.73. The molecule has 2 aromatic heterocycles. The molecule has 4 rings (SSSR count). The van der Waals surface area contributed by atoms with Gasteiger partial charge in [0.15, 0.2) is 0 Å². The molecule has 0 bridgehead atoms. The summed E-state index contributed by atoms with van der Waals surface area (Å²) in [4.78, 5) is 21.1. The van der Waals surface area contributed by atoms with Crippen molar-refractivity contribution >= 4 is 5.91 Å². The Bertz CT molecular complexity index is 664. The first-order valence-corrected chi connectivity index (χ1v) is 7.97. The number of amides is 1. The minimum Gasteiger partial charge on any atom is -0.338 e. The Morgan fingerprint density at radius 1 is 1.04 bits per heavy atom. The van der Waals surface area contributed by atoms with Gasteiger partial charge < -0.3 is 4.90 Å². The first kappa shape index (κ1) is 14.3. The van der Waals surface area contributed by atoms with E-state index >= 15 is 0 Å². The van der Waals surface area contributed by atoms with Crippen LogP contribution in [0.3, 0.4) is 0 Å². The quantitative estimate of drug-likeness (QED) is 0.849. The van der Waals surface area contributed by atoms with Crippen LogP contribution in [-0.4, -0.2) is 57.1 Å². The van der Waals surface area contributed by atoms with E-state index in [-0.39, 0.29) is 5.91 Å². The Balaban J connectivity index is 1.36. The number of likely N-dealkylation sites (tertiary alicyclic amines) is 2. The van der Waals surface area contributed by atoms with E-state index in [0.29, 0.717) is 17.4 Å². The lowest BCUT2D eigenvalue weighted by molar-refractivity contribution is 0.0772. The number of hydrogen-bond donors (Lipinski definition) is 0. The van der Waals surface area contributed by atoms with Crippen LogP contribution in [-0.2, 0) is 6.54 Å². The second-order valence-electron chi connectivity index (χ2n) is 6.42. The number of fused-ring (bicyclic) bond motifs is 1. The molecule has 0 radical (unpaired) electrons. The first-order chi connectivity index (χ1) is 11.3. The van der Waals surface area contributed by atoms with E-state index < -0.39 is 0 Å². The van der Waals surface area contributed by atoms with Crippen molar-refractivity contribution in [3.8, 4) is 0 Å². The molecule has 2 aromatic rings. The molecule has 2 atom stereocenters. The zero-order chi connectivity index (χ0) is 15.6. The largest absolute Gasteiger partial charge is 0.338 e. The van der Waals surface area contributed by atoms with E-state index in [1.807, 2.05) is 17.2 Å². The second kappa shape index (κ2) is 6.04. The molecule has 6 heteroatoms. The topological polar surface area (TPSA) is 62.2 Å². The van der Waals surface area contributed by atoms with Crippen molar-refractivity contribution in [2.24, 2.45) is 11.8 Å². The Labute approximate surface area is 135 Å². The van der Waals surface area contributed by atoms with Gasteiger partial charge >= 0.3 is 0 Å². The van der Waals surface area contributed by atoms with Crippen molar-refractivity contribution in [3.05, 3.63) is 54.1 Å². The highest BCUT2D eigenvalue weighted by Gasteiger charge is 2.41. The van der Waals surface area contributed by atoms with Gasteiger partial charge in [0.1, 0.15) is 0 Å². The van der Waals surface area contributed by atoms with Crippen LogP contribution in [0.4, 0.5) is 0 Å². The number of nitrogens with zero attached hydrogens (tertiary/aromatic N) is 5. The van der Waals surface area contributed by atoms with E-state index in [2.05, 4.69) is 26.1 Å². The Hall–Kier alpha value is -2.34. The van der Waals surface area contributed by atoms with Crippen LogP contribution in [0.2, 0.25) is 0 Å². The van der Waals surface area contributed by atoms with Gasteiger partial charge in [-0.25, -0.2) is 0 Å². The SMILES string of the molecule is O=C(c1ccnnc1)N1CC2CN(Cc3cccnc3)CC2C1. The van der Waals surface area contributed by atoms with Crippen LogP contribution < -0.4 is 0 Å². The molecule has 6 nitrogen and oxygen atoms in total. The van der Waals surface area contributed by atoms with Gasteiger partial charge in [0, 0.05) is 45.1 Å². The van der Waals surface area contributed by atoms with E-state index in [0.717, 1.165) is 32.7 Å². The third kappa shape index (κ3) is 2.94. The van der Waals surface area contributed by atoms with Crippen molar-refractivity contribution in [1.82, 2.24) is 25.0 Å². The van der Waals surface area contributed by atoms with Crippen molar-refractivity contribution < 1.29 is 4.79 Å². The Morgan fingerprint density at radius 2 is 1.87 bits per heavy atom. The number of pyridine rings is 1. The van der Waals surface area contributed by atoms with Gasteiger partial charge in [-0.05, 0) is 29.5 Å². The van der Waals surface area contributed by atoms with Crippen molar-refractivity contribution in [3.63, 3.8) is 0 Å². The molecule has 2 fully saturated rings.